The lowest BCUT2D eigenvalue weighted by atomic mass is 10.2. The molecule has 3 rings (SSSR count). The highest BCUT2D eigenvalue weighted by atomic mass is 32.2. The van der Waals surface area contributed by atoms with Crippen molar-refractivity contribution in [1.82, 2.24) is 20.8 Å². The second kappa shape index (κ2) is 6.76. The molecule has 1 aromatic carbocycles. The lowest BCUT2D eigenvalue weighted by Crippen LogP contribution is -2.17. The molecule has 0 saturated heterocycles. The molecule has 0 aliphatic carbocycles. The predicted octanol–water partition coefficient (Wildman–Crippen LogP) is 2.63. The van der Waals surface area contributed by atoms with Gasteiger partial charge in [-0.05, 0) is 11.1 Å². The van der Waals surface area contributed by atoms with Crippen molar-refractivity contribution in [2.75, 3.05) is 6.54 Å². The van der Waals surface area contributed by atoms with Crippen LogP contribution in [0.5, 0.6) is 0 Å². The Balaban J connectivity index is 1.46. The number of hydrogen-bond donors (Lipinski definition) is 2. The Bertz CT molecular complexity index is 546. The SMILES string of the molecule is c1cc(CSC2CN=NN2)ccc1CSc1cnn[nH]1. The molecule has 2 aromatic rings. The van der Waals surface area contributed by atoms with Crippen molar-refractivity contribution in [2.45, 2.75) is 21.9 Å². The van der Waals surface area contributed by atoms with Gasteiger partial charge in [0, 0.05) is 11.5 Å². The molecule has 0 spiro atoms. The van der Waals surface area contributed by atoms with Gasteiger partial charge in [-0.3, -0.25) is 10.5 Å². The summed E-state index contributed by atoms with van der Waals surface area (Å²) in [6.07, 6.45) is 1.74. The van der Waals surface area contributed by atoms with Crippen LogP contribution in [0, 0.1) is 0 Å². The largest absolute Gasteiger partial charge is 0.277 e. The molecule has 20 heavy (non-hydrogen) atoms. The van der Waals surface area contributed by atoms with Gasteiger partial charge >= 0.3 is 0 Å². The van der Waals surface area contributed by atoms with Gasteiger partial charge in [-0.2, -0.15) is 5.11 Å². The second-order valence-corrected chi connectivity index (χ2v) is 6.49. The Morgan fingerprint density at radius 2 is 1.95 bits per heavy atom. The van der Waals surface area contributed by atoms with E-state index in [0.29, 0.717) is 5.37 Å². The molecule has 2 heterocycles. The van der Waals surface area contributed by atoms with Crippen molar-refractivity contribution >= 4 is 23.5 Å². The third kappa shape index (κ3) is 3.73. The molecule has 0 bridgehead atoms. The lowest BCUT2D eigenvalue weighted by molar-refractivity contribution is 0.782. The van der Waals surface area contributed by atoms with Crippen LogP contribution in [0.25, 0.3) is 0 Å². The average Bonchev–Trinajstić information content (AvgIpc) is 3.17. The molecule has 1 aromatic heterocycles. The maximum absolute atomic E-state index is 3.92. The summed E-state index contributed by atoms with van der Waals surface area (Å²) in [5.41, 5.74) is 5.59. The van der Waals surface area contributed by atoms with E-state index in [1.54, 1.807) is 18.0 Å². The second-order valence-electron chi connectivity index (χ2n) is 4.28. The molecule has 1 aliphatic heterocycles. The van der Waals surface area contributed by atoms with Crippen LogP contribution in [0.15, 0.2) is 45.8 Å². The molecule has 104 valence electrons. The van der Waals surface area contributed by atoms with Crippen LogP contribution in [0.2, 0.25) is 0 Å². The summed E-state index contributed by atoms with van der Waals surface area (Å²) in [7, 11) is 0. The van der Waals surface area contributed by atoms with E-state index in [-0.39, 0.29) is 0 Å². The number of benzene rings is 1. The Labute approximate surface area is 125 Å². The summed E-state index contributed by atoms with van der Waals surface area (Å²) < 4.78 is 0. The van der Waals surface area contributed by atoms with E-state index in [2.05, 4.69) is 55.4 Å². The van der Waals surface area contributed by atoms with E-state index in [1.807, 2.05) is 11.8 Å². The molecule has 8 heteroatoms. The maximum atomic E-state index is 3.92. The maximum Gasteiger partial charge on any atom is 0.113 e. The summed E-state index contributed by atoms with van der Waals surface area (Å²) in [6.45, 7) is 0.762. The molecule has 1 unspecified atom stereocenters. The Hall–Kier alpha value is -1.54. The minimum Gasteiger partial charge on any atom is -0.277 e. The zero-order valence-corrected chi connectivity index (χ0v) is 12.3. The highest BCUT2D eigenvalue weighted by Crippen LogP contribution is 2.22. The minimum absolute atomic E-state index is 0.318. The normalized spacial score (nSPS) is 17.3. The number of nitrogens with zero attached hydrogens (tertiary/aromatic N) is 4. The van der Waals surface area contributed by atoms with E-state index in [0.717, 1.165) is 23.1 Å². The molecule has 0 radical (unpaired) electrons. The van der Waals surface area contributed by atoms with Crippen molar-refractivity contribution in [3.05, 3.63) is 41.6 Å². The van der Waals surface area contributed by atoms with E-state index < -0.39 is 0 Å². The number of rotatable bonds is 6. The molecule has 0 amide bonds. The van der Waals surface area contributed by atoms with Gasteiger partial charge in [-0.15, -0.1) is 28.6 Å². The van der Waals surface area contributed by atoms with Gasteiger partial charge in [0.1, 0.15) is 10.4 Å². The van der Waals surface area contributed by atoms with Gasteiger partial charge in [0.05, 0.1) is 12.7 Å². The van der Waals surface area contributed by atoms with Crippen molar-refractivity contribution in [2.24, 2.45) is 10.3 Å². The number of aromatic amines is 1. The first-order valence-electron chi connectivity index (χ1n) is 6.20. The van der Waals surface area contributed by atoms with Gasteiger partial charge in [-0.1, -0.05) is 34.7 Å². The van der Waals surface area contributed by atoms with E-state index in [1.165, 1.54) is 11.1 Å². The Morgan fingerprint density at radius 3 is 2.60 bits per heavy atom. The zero-order valence-electron chi connectivity index (χ0n) is 10.7. The molecule has 1 atom stereocenters. The van der Waals surface area contributed by atoms with Crippen LogP contribution in [-0.4, -0.2) is 27.3 Å². The third-order valence-electron chi connectivity index (χ3n) is 2.78. The molecular weight excluding hydrogens is 292 g/mol. The molecule has 1 aliphatic rings. The summed E-state index contributed by atoms with van der Waals surface area (Å²) in [5.74, 6) is 1.89. The van der Waals surface area contributed by atoms with E-state index in [9.17, 15) is 0 Å². The summed E-state index contributed by atoms with van der Waals surface area (Å²) in [4.78, 5) is 0. The van der Waals surface area contributed by atoms with Crippen LogP contribution >= 0.6 is 23.5 Å². The van der Waals surface area contributed by atoms with Gasteiger partial charge in [0.2, 0.25) is 0 Å². The number of H-pyrrole nitrogens is 1. The monoisotopic (exact) mass is 306 g/mol. The van der Waals surface area contributed by atoms with E-state index in [4.69, 9.17) is 0 Å². The van der Waals surface area contributed by atoms with Crippen LogP contribution < -0.4 is 5.43 Å². The quantitative estimate of drug-likeness (QED) is 0.802. The first-order chi connectivity index (χ1) is 9.90. The summed E-state index contributed by atoms with van der Waals surface area (Å²) in [6, 6.07) is 8.70. The summed E-state index contributed by atoms with van der Waals surface area (Å²) in [5, 5.41) is 19.3. The van der Waals surface area contributed by atoms with Crippen LogP contribution in [0.1, 0.15) is 11.1 Å². The van der Waals surface area contributed by atoms with Gasteiger partial charge in [-0.25, -0.2) is 0 Å². The molecule has 6 nitrogen and oxygen atoms in total. The molecule has 0 saturated carbocycles. The van der Waals surface area contributed by atoms with Crippen molar-refractivity contribution in [1.29, 1.82) is 0 Å². The van der Waals surface area contributed by atoms with Gasteiger partial charge in [0.15, 0.2) is 0 Å². The third-order valence-corrected chi connectivity index (χ3v) is 4.92. The van der Waals surface area contributed by atoms with Crippen LogP contribution in [0.4, 0.5) is 0 Å². The predicted molar refractivity (Wildman–Crippen MR) is 80.3 cm³/mol. The number of hydrogen-bond acceptors (Lipinski definition) is 7. The highest BCUT2D eigenvalue weighted by molar-refractivity contribution is 7.99. The smallest absolute Gasteiger partial charge is 0.113 e. The van der Waals surface area contributed by atoms with Crippen LogP contribution in [-0.2, 0) is 11.5 Å². The Kier molecular flexibility index (Phi) is 4.54. The standard InChI is InChI=1S/C12H14N6S2/c1-2-10(8-20-12-6-14-18-16-12)4-3-9(1)7-19-11-5-13-17-15-11/h1-5,12H,6-8H2,(H,14,16)(H,13,15,17). The fourth-order valence-corrected chi connectivity index (χ4v) is 3.32. The summed E-state index contributed by atoms with van der Waals surface area (Å²) >= 11 is 3.53. The first kappa shape index (κ1) is 13.4. The van der Waals surface area contributed by atoms with Crippen molar-refractivity contribution in [3.8, 4) is 0 Å². The number of aromatic nitrogens is 3. The number of thioether (sulfide) groups is 2. The topological polar surface area (TPSA) is 78.3 Å². The fraction of sp³-hybridized carbons (Fsp3) is 0.333. The molecule has 0 fully saturated rings. The average molecular weight is 306 g/mol. The zero-order chi connectivity index (χ0) is 13.6. The Morgan fingerprint density at radius 1 is 1.15 bits per heavy atom. The molecule has 2 N–H and O–H groups in total. The van der Waals surface area contributed by atoms with Crippen molar-refractivity contribution in [3.63, 3.8) is 0 Å². The fourth-order valence-electron chi connectivity index (χ4n) is 1.70. The molecular formula is C12H14N6S2. The van der Waals surface area contributed by atoms with Gasteiger partial charge < -0.3 is 0 Å². The first-order valence-corrected chi connectivity index (χ1v) is 8.24. The van der Waals surface area contributed by atoms with Gasteiger partial charge in [0.25, 0.3) is 0 Å². The lowest BCUT2D eigenvalue weighted by Gasteiger charge is -2.08. The van der Waals surface area contributed by atoms with E-state index >= 15 is 0 Å². The van der Waals surface area contributed by atoms with Crippen LogP contribution in [0.3, 0.4) is 0 Å². The highest BCUT2D eigenvalue weighted by Gasteiger charge is 2.11. The van der Waals surface area contributed by atoms with Crippen molar-refractivity contribution < 1.29 is 0 Å². The minimum atomic E-state index is 0.318. The number of nitrogens with one attached hydrogen (secondary N) is 2.